The molecule has 1 rings (SSSR count). The number of ether oxygens (including phenoxy) is 2. The smallest absolute Gasteiger partial charge is 0.147 e. The Kier molecular flexibility index (Phi) is 5.17. The fourth-order valence-corrected chi connectivity index (χ4v) is 0.916. The summed E-state index contributed by atoms with van der Waals surface area (Å²) in [6, 6.07) is 9.88. The zero-order valence-electron chi connectivity index (χ0n) is 7.48. The van der Waals surface area contributed by atoms with Gasteiger partial charge < -0.3 is 14.6 Å². The molecule has 0 radical (unpaired) electrons. The lowest BCUT2D eigenvalue weighted by Crippen LogP contribution is -2.04. The largest absolute Gasteiger partial charge is 0.394 e. The number of aliphatic hydroxyl groups is 1. The van der Waals surface area contributed by atoms with E-state index in [1.54, 1.807) is 0 Å². The Bertz CT molecular complexity index is 211. The summed E-state index contributed by atoms with van der Waals surface area (Å²) in [5.74, 6) is 0. The molecule has 0 bridgehead atoms. The van der Waals surface area contributed by atoms with Crippen LogP contribution in [0.2, 0.25) is 0 Å². The number of hydrogen-bond acceptors (Lipinski definition) is 3. The van der Waals surface area contributed by atoms with E-state index in [9.17, 15) is 0 Å². The highest BCUT2D eigenvalue weighted by Crippen LogP contribution is 1.99. The first-order chi connectivity index (χ1) is 6.43. The molecule has 0 amide bonds. The molecular formula is C10H14O3. The van der Waals surface area contributed by atoms with Crippen LogP contribution in [0, 0.1) is 0 Å². The highest BCUT2D eigenvalue weighted by molar-refractivity contribution is 5.13. The number of benzene rings is 1. The van der Waals surface area contributed by atoms with Crippen molar-refractivity contribution in [1.82, 2.24) is 0 Å². The Morgan fingerprint density at radius 3 is 2.54 bits per heavy atom. The Hall–Kier alpha value is -0.900. The zero-order valence-corrected chi connectivity index (χ0v) is 7.48. The fraction of sp³-hybridized carbons (Fsp3) is 0.400. The second kappa shape index (κ2) is 6.60. The molecule has 0 aliphatic rings. The van der Waals surface area contributed by atoms with Crippen molar-refractivity contribution >= 4 is 0 Å². The zero-order chi connectivity index (χ0) is 9.36. The minimum atomic E-state index is 0.0364. The van der Waals surface area contributed by atoms with Crippen LogP contribution in [0.4, 0.5) is 0 Å². The lowest BCUT2D eigenvalue weighted by atomic mass is 10.2. The third-order valence-corrected chi connectivity index (χ3v) is 1.51. The quantitative estimate of drug-likeness (QED) is 0.530. The Morgan fingerprint density at radius 1 is 1.08 bits per heavy atom. The van der Waals surface area contributed by atoms with E-state index in [1.807, 2.05) is 30.3 Å². The molecule has 0 atom stereocenters. The standard InChI is InChI=1S/C10H14O3/c11-6-7-12-9-13-8-10-4-2-1-3-5-10/h1-5,11H,6-9H2. The van der Waals surface area contributed by atoms with Crippen LogP contribution in [-0.4, -0.2) is 25.1 Å². The molecule has 0 heterocycles. The van der Waals surface area contributed by atoms with Gasteiger partial charge in [0.1, 0.15) is 6.79 Å². The van der Waals surface area contributed by atoms with Crippen molar-refractivity contribution in [2.24, 2.45) is 0 Å². The van der Waals surface area contributed by atoms with Crippen molar-refractivity contribution in [2.75, 3.05) is 20.0 Å². The van der Waals surface area contributed by atoms with Gasteiger partial charge in [-0.25, -0.2) is 0 Å². The van der Waals surface area contributed by atoms with E-state index in [0.717, 1.165) is 5.56 Å². The molecule has 3 nitrogen and oxygen atoms in total. The molecule has 1 aromatic carbocycles. The summed E-state index contributed by atoms with van der Waals surface area (Å²) in [6.07, 6.45) is 0. The first-order valence-corrected chi connectivity index (χ1v) is 4.24. The molecule has 0 aliphatic heterocycles. The van der Waals surface area contributed by atoms with Crippen LogP contribution in [-0.2, 0) is 16.1 Å². The predicted molar refractivity (Wildman–Crippen MR) is 49.1 cm³/mol. The van der Waals surface area contributed by atoms with Gasteiger partial charge in [-0.05, 0) is 5.56 Å². The van der Waals surface area contributed by atoms with Gasteiger partial charge in [-0.2, -0.15) is 0 Å². The summed E-state index contributed by atoms with van der Waals surface area (Å²) < 4.78 is 10.1. The molecule has 1 N–H and O–H groups in total. The van der Waals surface area contributed by atoms with Gasteiger partial charge in [-0.3, -0.25) is 0 Å². The topological polar surface area (TPSA) is 38.7 Å². The molecular weight excluding hydrogens is 168 g/mol. The van der Waals surface area contributed by atoms with E-state index in [2.05, 4.69) is 0 Å². The minimum absolute atomic E-state index is 0.0364. The predicted octanol–water partition coefficient (Wildman–Crippen LogP) is 1.17. The molecule has 0 unspecified atom stereocenters. The van der Waals surface area contributed by atoms with E-state index < -0.39 is 0 Å². The van der Waals surface area contributed by atoms with Crippen molar-refractivity contribution in [3.05, 3.63) is 35.9 Å². The van der Waals surface area contributed by atoms with E-state index in [4.69, 9.17) is 14.6 Å². The maximum absolute atomic E-state index is 8.40. The molecule has 1 aromatic rings. The third-order valence-electron chi connectivity index (χ3n) is 1.51. The van der Waals surface area contributed by atoms with Crippen molar-refractivity contribution in [3.8, 4) is 0 Å². The van der Waals surface area contributed by atoms with E-state index in [1.165, 1.54) is 0 Å². The van der Waals surface area contributed by atoms with E-state index in [0.29, 0.717) is 13.2 Å². The summed E-state index contributed by atoms with van der Waals surface area (Å²) in [4.78, 5) is 0. The maximum Gasteiger partial charge on any atom is 0.147 e. The molecule has 0 aromatic heterocycles. The van der Waals surface area contributed by atoms with Gasteiger partial charge in [0.05, 0.1) is 19.8 Å². The molecule has 0 fully saturated rings. The van der Waals surface area contributed by atoms with Gasteiger partial charge in [0.2, 0.25) is 0 Å². The molecule has 0 saturated carbocycles. The molecule has 13 heavy (non-hydrogen) atoms. The molecule has 0 saturated heterocycles. The highest BCUT2D eigenvalue weighted by atomic mass is 16.7. The monoisotopic (exact) mass is 182 g/mol. The fourth-order valence-electron chi connectivity index (χ4n) is 0.916. The lowest BCUT2D eigenvalue weighted by Gasteiger charge is -2.03. The van der Waals surface area contributed by atoms with Crippen molar-refractivity contribution in [3.63, 3.8) is 0 Å². The Morgan fingerprint density at radius 2 is 1.85 bits per heavy atom. The first-order valence-electron chi connectivity index (χ1n) is 4.24. The average Bonchev–Trinajstić information content (AvgIpc) is 2.19. The normalized spacial score (nSPS) is 10.2. The first kappa shape index (κ1) is 10.2. The van der Waals surface area contributed by atoms with Crippen LogP contribution in [0.25, 0.3) is 0 Å². The summed E-state index contributed by atoms with van der Waals surface area (Å²) in [6.45, 7) is 1.14. The molecule has 3 heteroatoms. The summed E-state index contributed by atoms with van der Waals surface area (Å²) in [7, 11) is 0. The van der Waals surface area contributed by atoms with Crippen LogP contribution >= 0.6 is 0 Å². The number of hydrogen-bond donors (Lipinski definition) is 1. The van der Waals surface area contributed by atoms with Gasteiger partial charge in [-0.15, -0.1) is 0 Å². The lowest BCUT2D eigenvalue weighted by molar-refractivity contribution is -0.0693. The van der Waals surface area contributed by atoms with Crippen LogP contribution in [0.3, 0.4) is 0 Å². The van der Waals surface area contributed by atoms with Gasteiger partial charge >= 0.3 is 0 Å². The average molecular weight is 182 g/mol. The van der Waals surface area contributed by atoms with Crippen molar-refractivity contribution in [2.45, 2.75) is 6.61 Å². The Labute approximate surface area is 77.9 Å². The number of rotatable bonds is 6. The second-order valence-electron chi connectivity index (χ2n) is 2.58. The summed E-state index contributed by atoms with van der Waals surface area (Å²) in [5, 5.41) is 8.40. The maximum atomic E-state index is 8.40. The van der Waals surface area contributed by atoms with Crippen molar-refractivity contribution < 1.29 is 14.6 Å². The number of aliphatic hydroxyl groups excluding tert-OH is 1. The Balaban J connectivity index is 2.07. The van der Waals surface area contributed by atoms with Gasteiger partial charge in [-0.1, -0.05) is 30.3 Å². The van der Waals surface area contributed by atoms with Crippen molar-refractivity contribution in [1.29, 1.82) is 0 Å². The molecule has 72 valence electrons. The van der Waals surface area contributed by atoms with Crippen LogP contribution in [0.1, 0.15) is 5.56 Å². The minimum Gasteiger partial charge on any atom is -0.394 e. The van der Waals surface area contributed by atoms with Crippen LogP contribution in [0.5, 0.6) is 0 Å². The molecule has 0 aliphatic carbocycles. The third kappa shape index (κ3) is 4.62. The SMILES string of the molecule is OCCOCOCc1ccccc1. The van der Waals surface area contributed by atoms with Crippen LogP contribution < -0.4 is 0 Å². The highest BCUT2D eigenvalue weighted by Gasteiger charge is 1.90. The van der Waals surface area contributed by atoms with Gasteiger partial charge in [0.15, 0.2) is 0 Å². The molecule has 0 spiro atoms. The van der Waals surface area contributed by atoms with E-state index >= 15 is 0 Å². The van der Waals surface area contributed by atoms with Crippen LogP contribution in [0.15, 0.2) is 30.3 Å². The van der Waals surface area contributed by atoms with E-state index in [-0.39, 0.29) is 13.4 Å². The summed E-state index contributed by atoms with van der Waals surface area (Å²) >= 11 is 0. The second-order valence-corrected chi connectivity index (χ2v) is 2.58. The van der Waals surface area contributed by atoms with Gasteiger partial charge in [0.25, 0.3) is 0 Å². The van der Waals surface area contributed by atoms with Gasteiger partial charge in [0, 0.05) is 0 Å². The summed E-state index contributed by atoms with van der Waals surface area (Å²) in [5.41, 5.74) is 1.12.